The van der Waals surface area contributed by atoms with Gasteiger partial charge in [0.05, 0.1) is 0 Å². The van der Waals surface area contributed by atoms with Crippen molar-refractivity contribution in [1.82, 2.24) is 9.97 Å². The van der Waals surface area contributed by atoms with Gasteiger partial charge < -0.3 is 27.9 Å². The van der Waals surface area contributed by atoms with Gasteiger partial charge in [0.2, 0.25) is 0 Å². The number of H-pyrrole nitrogens is 2. The highest BCUT2D eigenvalue weighted by Crippen LogP contribution is 1.51. The maximum absolute atomic E-state index is 10.2. The van der Waals surface area contributed by atoms with Crippen LogP contribution in [0.15, 0.2) is 21.9 Å². The quantitative estimate of drug-likeness (QED) is 0.278. The third-order valence-electron chi connectivity index (χ3n) is 0.686. The molecule has 1 rings (SSSR count). The maximum Gasteiger partial charge on any atom is 0.325 e. The highest BCUT2D eigenvalue weighted by Gasteiger charge is 1.77. The molecule has 0 unspecified atom stereocenters. The molecule has 1 aromatic rings. The molecule has 10 N–H and O–H groups in total. The Hall–Kier alpha value is -2.78. The van der Waals surface area contributed by atoms with Crippen LogP contribution in [0.5, 0.6) is 0 Å². The van der Waals surface area contributed by atoms with Gasteiger partial charge in [-0.25, -0.2) is 14.4 Å². The lowest BCUT2D eigenvalue weighted by atomic mass is 10.7. The standard InChI is InChI=1S/C4H4N2O2.2CH4N2O/c7-3-1-2-5-4(8)6-3;2*2-1(3)4/h1-2H,(H2,5,6,7,8);2*(H4,2,3,4). The lowest BCUT2D eigenvalue weighted by Gasteiger charge is -1.75. The predicted octanol–water partition coefficient (Wildman–Crippen LogP) is -2.89. The van der Waals surface area contributed by atoms with Gasteiger partial charge in [-0.3, -0.25) is 9.78 Å². The van der Waals surface area contributed by atoms with Gasteiger partial charge in [-0.1, -0.05) is 0 Å². The number of rotatable bonds is 0. The van der Waals surface area contributed by atoms with Crippen LogP contribution in [0.2, 0.25) is 0 Å². The van der Waals surface area contributed by atoms with Crippen molar-refractivity contribution >= 4 is 12.1 Å². The molecule has 16 heavy (non-hydrogen) atoms. The van der Waals surface area contributed by atoms with E-state index in [9.17, 15) is 9.59 Å². The van der Waals surface area contributed by atoms with Gasteiger partial charge in [-0.15, -0.1) is 0 Å². The lowest BCUT2D eigenvalue weighted by molar-refractivity contribution is 0.255. The first-order valence-corrected chi connectivity index (χ1v) is 3.63. The zero-order valence-corrected chi connectivity index (χ0v) is 8.10. The third-order valence-corrected chi connectivity index (χ3v) is 0.686. The molecule has 0 aliphatic rings. The molecular formula is C6H12N6O4. The van der Waals surface area contributed by atoms with Crippen LogP contribution in [0, 0.1) is 0 Å². The number of hydrogen-bond acceptors (Lipinski definition) is 4. The van der Waals surface area contributed by atoms with Crippen LogP contribution in [0.1, 0.15) is 0 Å². The molecule has 1 heterocycles. The number of urea groups is 2. The van der Waals surface area contributed by atoms with Gasteiger partial charge in [0.25, 0.3) is 5.56 Å². The number of nitrogens with one attached hydrogen (secondary N) is 2. The second-order valence-electron chi connectivity index (χ2n) is 2.10. The summed E-state index contributed by atoms with van der Waals surface area (Å²) in [6.45, 7) is 0. The molecule has 0 aromatic carbocycles. The van der Waals surface area contributed by atoms with Crippen molar-refractivity contribution in [2.75, 3.05) is 0 Å². The summed E-state index contributed by atoms with van der Waals surface area (Å²) in [5.41, 5.74) is 16.1. The lowest BCUT2D eigenvalue weighted by Crippen LogP contribution is -2.19. The van der Waals surface area contributed by atoms with E-state index >= 15 is 0 Å². The third kappa shape index (κ3) is 22.5. The first-order chi connectivity index (χ1) is 7.25. The number of carbonyl (C=O) groups excluding carboxylic acids is 2. The molecule has 4 amide bonds. The number of aromatic amines is 2. The second kappa shape index (κ2) is 8.80. The average Bonchev–Trinajstić information content (AvgIpc) is 2.00. The first kappa shape index (κ1) is 15.7. The second-order valence-corrected chi connectivity index (χ2v) is 2.10. The van der Waals surface area contributed by atoms with Gasteiger partial charge in [0, 0.05) is 12.3 Å². The summed E-state index contributed by atoms with van der Waals surface area (Å²) < 4.78 is 0. The van der Waals surface area contributed by atoms with E-state index in [1.165, 1.54) is 12.3 Å². The van der Waals surface area contributed by atoms with Gasteiger partial charge in [0.1, 0.15) is 0 Å². The van der Waals surface area contributed by atoms with E-state index in [-0.39, 0.29) is 5.56 Å². The van der Waals surface area contributed by atoms with Crippen molar-refractivity contribution in [2.24, 2.45) is 22.9 Å². The Kier molecular flexibility index (Phi) is 8.63. The van der Waals surface area contributed by atoms with Gasteiger partial charge in [-0.05, 0) is 0 Å². The molecule has 0 radical (unpaired) electrons. The zero-order valence-electron chi connectivity index (χ0n) is 8.10. The van der Waals surface area contributed by atoms with Crippen LogP contribution in [0.25, 0.3) is 0 Å². The predicted molar refractivity (Wildman–Crippen MR) is 55.2 cm³/mol. The minimum Gasteiger partial charge on any atom is -0.352 e. The number of hydrogen-bond donors (Lipinski definition) is 6. The summed E-state index contributed by atoms with van der Waals surface area (Å²) in [5.74, 6) is 0. The monoisotopic (exact) mass is 232 g/mol. The fourth-order valence-electron chi connectivity index (χ4n) is 0.383. The van der Waals surface area contributed by atoms with Gasteiger partial charge in [-0.2, -0.15) is 0 Å². The van der Waals surface area contributed by atoms with E-state index < -0.39 is 17.8 Å². The van der Waals surface area contributed by atoms with E-state index in [4.69, 9.17) is 9.59 Å². The topological polar surface area (TPSA) is 204 Å². The molecule has 0 saturated heterocycles. The number of primary amides is 4. The number of aromatic nitrogens is 2. The SMILES string of the molecule is NC(N)=O.NC(N)=O.O=c1cc[nH]c(=O)[nH]1. The van der Waals surface area contributed by atoms with E-state index in [1.54, 1.807) is 0 Å². The minimum absolute atomic E-state index is 0.381. The molecule has 10 nitrogen and oxygen atoms in total. The summed E-state index contributed by atoms with van der Waals surface area (Å²) in [6, 6.07) is -0.429. The normalized spacial score (nSPS) is 7.50. The highest BCUT2D eigenvalue weighted by atomic mass is 16.2. The summed E-state index contributed by atoms with van der Waals surface area (Å²) in [6.07, 6.45) is 1.29. The number of amides is 4. The van der Waals surface area contributed by atoms with E-state index in [0.717, 1.165) is 0 Å². The summed E-state index contributed by atoms with van der Waals surface area (Å²) in [5, 5.41) is 0. The molecule has 0 spiro atoms. The van der Waals surface area contributed by atoms with Crippen molar-refractivity contribution in [3.63, 3.8) is 0 Å². The van der Waals surface area contributed by atoms with Crippen LogP contribution in [0.3, 0.4) is 0 Å². The Labute approximate surface area is 88.6 Å². The smallest absolute Gasteiger partial charge is 0.325 e. The molecule has 10 heteroatoms. The summed E-state index contributed by atoms with van der Waals surface area (Å²) in [7, 11) is 0. The fraction of sp³-hybridized carbons (Fsp3) is 0. The first-order valence-electron chi connectivity index (χ1n) is 3.63. The molecule has 0 fully saturated rings. The van der Waals surface area contributed by atoms with Crippen LogP contribution in [-0.4, -0.2) is 22.0 Å². The van der Waals surface area contributed by atoms with Crippen LogP contribution < -0.4 is 34.2 Å². The van der Waals surface area contributed by atoms with Crippen molar-refractivity contribution in [1.29, 1.82) is 0 Å². The summed E-state index contributed by atoms with van der Waals surface area (Å²) in [4.78, 5) is 42.7. The maximum atomic E-state index is 10.2. The Morgan fingerprint density at radius 1 is 1.00 bits per heavy atom. The van der Waals surface area contributed by atoms with Crippen molar-refractivity contribution in [3.05, 3.63) is 33.1 Å². The molecular weight excluding hydrogens is 220 g/mol. The van der Waals surface area contributed by atoms with Gasteiger partial charge >= 0.3 is 17.8 Å². The number of nitrogens with two attached hydrogens (primary N) is 4. The Morgan fingerprint density at radius 3 is 1.56 bits per heavy atom. The van der Waals surface area contributed by atoms with Crippen LogP contribution in [-0.2, 0) is 0 Å². The van der Waals surface area contributed by atoms with Gasteiger partial charge in [0.15, 0.2) is 0 Å². The van der Waals surface area contributed by atoms with Crippen LogP contribution in [0.4, 0.5) is 9.59 Å². The Balaban J connectivity index is 0. The molecule has 0 bridgehead atoms. The Morgan fingerprint density at radius 2 is 1.38 bits per heavy atom. The largest absolute Gasteiger partial charge is 0.352 e. The highest BCUT2D eigenvalue weighted by molar-refractivity contribution is 5.69. The minimum atomic E-state index is -0.833. The zero-order chi connectivity index (χ0) is 13.1. The van der Waals surface area contributed by atoms with Crippen molar-refractivity contribution in [2.45, 2.75) is 0 Å². The molecule has 0 aliphatic heterocycles. The van der Waals surface area contributed by atoms with Crippen molar-refractivity contribution < 1.29 is 9.59 Å². The Bertz CT molecular complexity index is 390. The molecule has 0 saturated carbocycles. The van der Waals surface area contributed by atoms with Crippen LogP contribution >= 0.6 is 0 Å². The fourth-order valence-corrected chi connectivity index (χ4v) is 0.383. The van der Waals surface area contributed by atoms with Crippen molar-refractivity contribution in [3.8, 4) is 0 Å². The molecule has 90 valence electrons. The molecule has 1 aromatic heterocycles. The van der Waals surface area contributed by atoms with E-state index in [1.807, 2.05) is 4.98 Å². The number of carbonyl (C=O) groups is 2. The average molecular weight is 232 g/mol. The summed E-state index contributed by atoms with van der Waals surface area (Å²) >= 11 is 0. The molecule has 0 atom stereocenters. The van der Waals surface area contributed by atoms with E-state index in [0.29, 0.717) is 0 Å². The molecule has 0 aliphatic carbocycles. The van der Waals surface area contributed by atoms with E-state index in [2.05, 4.69) is 27.9 Å².